The average molecular weight is 399 g/mol. The zero-order valence-corrected chi connectivity index (χ0v) is 17.6. The monoisotopic (exact) mass is 398 g/mol. The maximum absolute atomic E-state index is 13.1. The predicted octanol–water partition coefficient (Wildman–Crippen LogP) is 5.15. The topological polar surface area (TPSA) is 58.1 Å². The molecule has 0 spiro atoms. The summed E-state index contributed by atoms with van der Waals surface area (Å²) in [4.78, 5) is 23.8. The minimum Gasteiger partial charge on any atom is -0.354 e. The number of halogens is 1. The van der Waals surface area contributed by atoms with Gasteiger partial charge in [0.05, 0.1) is 11.3 Å². The van der Waals surface area contributed by atoms with E-state index in [9.17, 15) is 4.79 Å². The lowest BCUT2D eigenvalue weighted by Crippen LogP contribution is -2.31. The Balaban J connectivity index is 0.00000280. The molecule has 0 aliphatic carbocycles. The molecule has 0 unspecified atom stereocenters. The molecule has 0 fully saturated rings. The first-order valence-corrected chi connectivity index (χ1v) is 9.48. The molecule has 0 radical (unpaired) electrons. The van der Waals surface area contributed by atoms with Crippen molar-refractivity contribution in [2.24, 2.45) is 0 Å². The van der Waals surface area contributed by atoms with Gasteiger partial charge in [0.15, 0.2) is 5.65 Å². The second-order valence-electron chi connectivity index (χ2n) is 6.52. The summed E-state index contributed by atoms with van der Waals surface area (Å²) >= 11 is 0. The first kappa shape index (κ1) is 21.6. The first-order valence-electron chi connectivity index (χ1n) is 9.48. The van der Waals surface area contributed by atoms with E-state index in [0.717, 1.165) is 28.9 Å². The molecule has 0 saturated heterocycles. The Morgan fingerprint density at radius 1 is 1.04 bits per heavy atom. The third kappa shape index (κ3) is 4.42. The summed E-state index contributed by atoms with van der Waals surface area (Å²) in [5.74, 6) is -0.0253. The highest BCUT2D eigenvalue weighted by molar-refractivity contribution is 6.07. The largest absolute Gasteiger partial charge is 0.354 e. The predicted molar refractivity (Wildman–Crippen MR) is 118 cm³/mol. The van der Waals surface area contributed by atoms with Gasteiger partial charge in [-0.05, 0) is 57.0 Å². The van der Waals surface area contributed by atoms with Crippen molar-refractivity contribution in [3.63, 3.8) is 0 Å². The molecule has 0 aliphatic heterocycles. The maximum atomic E-state index is 13.1. The Labute approximate surface area is 172 Å². The molecule has 2 heterocycles. The molecule has 1 N–H and O–H groups in total. The van der Waals surface area contributed by atoms with E-state index in [4.69, 9.17) is 0 Å². The first-order chi connectivity index (χ1) is 13.1. The average Bonchev–Trinajstić information content (AvgIpc) is 2.69. The van der Waals surface area contributed by atoms with Gasteiger partial charge in [-0.3, -0.25) is 4.79 Å². The van der Waals surface area contributed by atoms with Crippen LogP contribution < -0.4 is 5.32 Å². The van der Waals surface area contributed by atoms with Gasteiger partial charge in [0, 0.05) is 36.1 Å². The summed E-state index contributed by atoms with van der Waals surface area (Å²) in [5.41, 5.74) is 5.07. The SMILES string of the molecule is CCc1ccc(Nc2c(C(=O)N(CC)CC)cnc3nc(C)ccc23)cc1.Cl. The number of rotatable bonds is 6. The van der Waals surface area contributed by atoms with Gasteiger partial charge in [-0.25, -0.2) is 9.97 Å². The van der Waals surface area contributed by atoms with Crippen molar-refractivity contribution in [3.8, 4) is 0 Å². The van der Waals surface area contributed by atoms with Crippen molar-refractivity contribution >= 4 is 40.7 Å². The summed E-state index contributed by atoms with van der Waals surface area (Å²) in [6.07, 6.45) is 2.63. The molecule has 2 aromatic heterocycles. The van der Waals surface area contributed by atoms with Gasteiger partial charge in [-0.2, -0.15) is 0 Å². The number of anilines is 2. The van der Waals surface area contributed by atoms with Crippen LogP contribution in [0.1, 0.15) is 42.4 Å². The normalized spacial score (nSPS) is 10.4. The lowest BCUT2D eigenvalue weighted by Gasteiger charge is -2.21. The number of nitrogens with zero attached hydrogens (tertiary/aromatic N) is 3. The van der Waals surface area contributed by atoms with Crippen molar-refractivity contribution < 1.29 is 4.79 Å². The Hall–Kier alpha value is -2.66. The Kier molecular flexibility index (Phi) is 7.35. The number of aromatic nitrogens is 2. The van der Waals surface area contributed by atoms with E-state index in [0.29, 0.717) is 24.3 Å². The standard InChI is InChI=1S/C22H26N4O.ClH/c1-5-16-9-11-17(12-10-16)25-20-18-13-8-15(4)24-21(18)23-14-19(20)22(27)26(6-2)7-3;/h8-14H,5-7H2,1-4H3,(H,23,24,25);1H. The maximum Gasteiger partial charge on any atom is 0.257 e. The molecular weight excluding hydrogens is 372 g/mol. The molecule has 5 nitrogen and oxygen atoms in total. The van der Waals surface area contributed by atoms with E-state index in [-0.39, 0.29) is 18.3 Å². The van der Waals surface area contributed by atoms with Gasteiger partial charge in [-0.1, -0.05) is 19.1 Å². The van der Waals surface area contributed by atoms with Crippen molar-refractivity contribution in [2.45, 2.75) is 34.1 Å². The smallest absolute Gasteiger partial charge is 0.257 e. The molecule has 3 aromatic rings. The third-order valence-corrected chi connectivity index (χ3v) is 4.78. The second kappa shape index (κ2) is 9.51. The number of nitrogens with one attached hydrogen (secondary N) is 1. The molecule has 0 aliphatic rings. The zero-order valence-electron chi connectivity index (χ0n) is 16.8. The molecule has 1 amide bonds. The van der Waals surface area contributed by atoms with Crippen LogP contribution in [0.5, 0.6) is 0 Å². The number of benzene rings is 1. The summed E-state index contributed by atoms with van der Waals surface area (Å²) in [6.45, 7) is 9.35. The lowest BCUT2D eigenvalue weighted by molar-refractivity contribution is 0.0774. The number of aryl methyl sites for hydroxylation is 2. The molecule has 3 rings (SSSR count). The molecule has 0 saturated carbocycles. The molecule has 0 bridgehead atoms. The number of fused-ring (bicyclic) bond motifs is 1. The van der Waals surface area contributed by atoms with E-state index >= 15 is 0 Å². The van der Waals surface area contributed by atoms with Crippen LogP contribution in [0.15, 0.2) is 42.6 Å². The highest BCUT2D eigenvalue weighted by Crippen LogP contribution is 2.29. The van der Waals surface area contributed by atoms with Gasteiger partial charge in [-0.15, -0.1) is 12.4 Å². The molecule has 148 valence electrons. The number of amides is 1. The number of pyridine rings is 2. The fraction of sp³-hybridized carbons (Fsp3) is 0.318. The number of hydrogen-bond donors (Lipinski definition) is 1. The Morgan fingerprint density at radius 3 is 2.32 bits per heavy atom. The van der Waals surface area contributed by atoms with Gasteiger partial charge >= 0.3 is 0 Å². The van der Waals surface area contributed by atoms with Crippen LogP contribution in [0, 0.1) is 6.92 Å². The van der Waals surface area contributed by atoms with Crippen LogP contribution in [0.2, 0.25) is 0 Å². The minimum absolute atomic E-state index is 0. The minimum atomic E-state index is -0.0253. The van der Waals surface area contributed by atoms with Gasteiger partial charge in [0.25, 0.3) is 5.91 Å². The summed E-state index contributed by atoms with van der Waals surface area (Å²) in [6, 6.07) is 12.2. The Morgan fingerprint density at radius 2 is 1.71 bits per heavy atom. The fourth-order valence-corrected chi connectivity index (χ4v) is 3.12. The van der Waals surface area contributed by atoms with Crippen molar-refractivity contribution in [1.82, 2.24) is 14.9 Å². The number of hydrogen-bond acceptors (Lipinski definition) is 4. The second-order valence-corrected chi connectivity index (χ2v) is 6.52. The van der Waals surface area contributed by atoms with Crippen LogP contribution >= 0.6 is 12.4 Å². The zero-order chi connectivity index (χ0) is 19.4. The molecular formula is C22H27ClN4O. The van der Waals surface area contributed by atoms with E-state index in [1.807, 2.05) is 45.0 Å². The van der Waals surface area contributed by atoms with Crippen molar-refractivity contribution in [2.75, 3.05) is 18.4 Å². The molecule has 6 heteroatoms. The quantitative estimate of drug-likeness (QED) is 0.623. The molecule has 0 atom stereocenters. The van der Waals surface area contributed by atoms with Crippen molar-refractivity contribution in [3.05, 3.63) is 59.4 Å². The van der Waals surface area contributed by atoms with E-state index < -0.39 is 0 Å². The van der Waals surface area contributed by atoms with E-state index in [1.165, 1.54) is 5.56 Å². The summed E-state index contributed by atoms with van der Waals surface area (Å²) < 4.78 is 0. The van der Waals surface area contributed by atoms with Crippen LogP contribution in [0.4, 0.5) is 11.4 Å². The van der Waals surface area contributed by atoms with Crippen LogP contribution in [0.3, 0.4) is 0 Å². The molecule has 1 aromatic carbocycles. The van der Waals surface area contributed by atoms with E-state index in [2.05, 4.69) is 34.3 Å². The number of carbonyl (C=O) groups is 1. The highest BCUT2D eigenvalue weighted by Gasteiger charge is 2.20. The number of carbonyl (C=O) groups excluding carboxylic acids is 1. The lowest BCUT2D eigenvalue weighted by atomic mass is 10.1. The van der Waals surface area contributed by atoms with Crippen LogP contribution in [-0.2, 0) is 6.42 Å². The van der Waals surface area contributed by atoms with Gasteiger partial charge < -0.3 is 10.2 Å². The van der Waals surface area contributed by atoms with Crippen LogP contribution in [0.25, 0.3) is 11.0 Å². The van der Waals surface area contributed by atoms with E-state index in [1.54, 1.807) is 11.1 Å². The van der Waals surface area contributed by atoms with Crippen molar-refractivity contribution in [1.29, 1.82) is 0 Å². The summed E-state index contributed by atoms with van der Waals surface area (Å²) in [5, 5.41) is 4.29. The summed E-state index contributed by atoms with van der Waals surface area (Å²) in [7, 11) is 0. The van der Waals surface area contributed by atoms with Gasteiger partial charge in [0.2, 0.25) is 0 Å². The molecule has 28 heavy (non-hydrogen) atoms. The Bertz CT molecular complexity index is 953. The fourth-order valence-electron chi connectivity index (χ4n) is 3.12. The van der Waals surface area contributed by atoms with Gasteiger partial charge in [0.1, 0.15) is 0 Å². The highest BCUT2D eigenvalue weighted by atomic mass is 35.5. The van der Waals surface area contributed by atoms with Crippen LogP contribution in [-0.4, -0.2) is 33.9 Å². The third-order valence-electron chi connectivity index (χ3n) is 4.78.